The maximum absolute atomic E-state index is 2.38. The van der Waals surface area contributed by atoms with Gasteiger partial charge in [0.1, 0.15) is 0 Å². The number of hydrogen-bond donors (Lipinski definition) is 0. The first-order chi connectivity index (χ1) is 7.95. The molecule has 0 amide bonds. The van der Waals surface area contributed by atoms with Crippen molar-refractivity contribution in [3.8, 4) is 0 Å². The van der Waals surface area contributed by atoms with Gasteiger partial charge in [-0.3, -0.25) is 0 Å². The molecule has 0 fully saturated rings. The average Bonchev–Trinajstić information content (AvgIpc) is 3.02. The van der Waals surface area contributed by atoms with Crippen molar-refractivity contribution in [2.24, 2.45) is 0 Å². The molecule has 0 N–H and O–H groups in total. The van der Waals surface area contributed by atoms with Gasteiger partial charge in [-0.15, -0.1) is 0 Å². The number of aromatic nitrogens is 3. The van der Waals surface area contributed by atoms with Crippen LogP contribution in [-0.2, 0) is 0 Å². The minimum atomic E-state index is -2.24. The van der Waals surface area contributed by atoms with E-state index in [1.807, 2.05) is 0 Å². The van der Waals surface area contributed by atoms with Crippen LogP contribution in [-0.4, -0.2) is 30.7 Å². The zero-order valence-corrected chi connectivity index (χ0v) is 12.7. The maximum atomic E-state index is 2.38. The van der Waals surface area contributed by atoms with Crippen LogP contribution in [0.1, 0.15) is 0 Å². The molecule has 3 rings (SSSR count). The van der Waals surface area contributed by atoms with Gasteiger partial charge in [-0.05, 0) is 0 Å². The first kappa shape index (κ1) is 9.95. The third-order valence-electron chi connectivity index (χ3n) is 2.51. The van der Waals surface area contributed by atoms with E-state index in [9.17, 15) is 0 Å². The molecule has 3 aromatic heterocycles. The molecule has 3 heterocycles. The molecule has 0 unspecified atom stereocenters. The first-order valence-corrected chi connectivity index (χ1v) is 10.4. The molecule has 0 saturated heterocycles. The fraction of sp³-hybridized carbons (Fsp3) is 0. The molecule has 79 valence electrons. The summed E-state index contributed by atoms with van der Waals surface area (Å²) in [5.74, 6) is 0. The Kier molecular flexibility index (Phi) is 2.69. The van der Waals surface area contributed by atoms with E-state index in [0.717, 1.165) is 0 Å². The van der Waals surface area contributed by atoms with Gasteiger partial charge in [0, 0.05) is 0 Å². The SMILES string of the molecule is c1cc[n]([Pb]([n]2cccc2)[n]2cccc2)c1. The van der Waals surface area contributed by atoms with Crippen LogP contribution < -0.4 is 0 Å². The monoisotopic (exact) mass is 406 g/mol. The van der Waals surface area contributed by atoms with Gasteiger partial charge < -0.3 is 0 Å². The van der Waals surface area contributed by atoms with Crippen LogP contribution in [0.2, 0.25) is 0 Å². The van der Waals surface area contributed by atoms with Gasteiger partial charge in [-0.2, -0.15) is 0 Å². The molecule has 0 aromatic carbocycles. The van der Waals surface area contributed by atoms with Crippen molar-refractivity contribution < 1.29 is 0 Å². The standard InChI is InChI=1S/3C4H4N.Pb/c3*1-2-4-5-3-1;/h3*1-4H;/q3*-1;+3. The summed E-state index contributed by atoms with van der Waals surface area (Å²) in [5, 5.41) is 0. The average molecular weight is 405 g/mol. The predicted molar refractivity (Wildman–Crippen MR) is 65.2 cm³/mol. The molecule has 0 aliphatic carbocycles. The van der Waals surface area contributed by atoms with E-state index in [4.69, 9.17) is 0 Å². The van der Waals surface area contributed by atoms with Gasteiger partial charge in [-0.1, -0.05) is 0 Å². The summed E-state index contributed by atoms with van der Waals surface area (Å²) in [4.78, 5) is 0. The van der Waals surface area contributed by atoms with Crippen LogP contribution in [0.3, 0.4) is 0 Å². The van der Waals surface area contributed by atoms with Crippen LogP contribution in [0.4, 0.5) is 0 Å². The van der Waals surface area contributed by atoms with Crippen molar-refractivity contribution in [1.29, 1.82) is 0 Å². The second kappa shape index (κ2) is 4.33. The summed E-state index contributed by atoms with van der Waals surface area (Å²) in [5.41, 5.74) is 0. The van der Waals surface area contributed by atoms with Crippen molar-refractivity contribution >= 4 is 23.6 Å². The Morgan fingerprint density at radius 1 is 0.438 bits per heavy atom. The molecule has 0 aliphatic rings. The van der Waals surface area contributed by atoms with E-state index in [1.54, 1.807) is 0 Å². The second-order valence-electron chi connectivity index (χ2n) is 3.57. The molecule has 1 radical (unpaired) electrons. The molecule has 0 saturated carbocycles. The van der Waals surface area contributed by atoms with Crippen LogP contribution in [0.5, 0.6) is 0 Å². The molecule has 0 atom stereocenters. The van der Waals surface area contributed by atoms with E-state index in [-0.39, 0.29) is 0 Å². The van der Waals surface area contributed by atoms with Gasteiger partial charge in [-0.25, -0.2) is 0 Å². The Morgan fingerprint density at radius 2 is 0.688 bits per heavy atom. The van der Waals surface area contributed by atoms with E-state index >= 15 is 0 Å². The van der Waals surface area contributed by atoms with Gasteiger partial charge >= 0.3 is 104 Å². The van der Waals surface area contributed by atoms with E-state index in [0.29, 0.717) is 0 Å². The van der Waals surface area contributed by atoms with E-state index in [2.05, 4.69) is 80.7 Å². The Morgan fingerprint density at radius 3 is 0.938 bits per heavy atom. The Balaban J connectivity index is 2.09. The predicted octanol–water partition coefficient (Wildman–Crippen LogP) is 2.02. The van der Waals surface area contributed by atoms with Crippen molar-refractivity contribution in [1.82, 2.24) is 7.13 Å². The molecule has 3 nitrogen and oxygen atoms in total. The summed E-state index contributed by atoms with van der Waals surface area (Å²) in [6, 6.07) is 12.6. The fourth-order valence-electron chi connectivity index (χ4n) is 1.80. The van der Waals surface area contributed by atoms with Crippen LogP contribution in [0, 0.1) is 0 Å². The topological polar surface area (TPSA) is 14.8 Å². The van der Waals surface area contributed by atoms with Gasteiger partial charge in [0.25, 0.3) is 0 Å². The third-order valence-corrected chi connectivity index (χ3v) is 11.4. The van der Waals surface area contributed by atoms with Crippen molar-refractivity contribution in [3.05, 3.63) is 73.6 Å². The van der Waals surface area contributed by atoms with Crippen LogP contribution >= 0.6 is 0 Å². The molecular weight excluding hydrogens is 393 g/mol. The zero-order valence-electron chi connectivity index (χ0n) is 8.77. The Bertz CT molecular complexity index is 441. The molecule has 0 spiro atoms. The summed E-state index contributed by atoms with van der Waals surface area (Å²) in [6.07, 6.45) is 13.0. The quantitative estimate of drug-likeness (QED) is 0.593. The van der Waals surface area contributed by atoms with Gasteiger partial charge in [0.05, 0.1) is 0 Å². The minimum absolute atomic E-state index is 2.09. The second-order valence-corrected chi connectivity index (χ2v) is 11.9. The van der Waals surface area contributed by atoms with Gasteiger partial charge in [0.15, 0.2) is 0 Å². The molecule has 16 heavy (non-hydrogen) atoms. The molecular formula is C12H12N3Pb. The number of rotatable bonds is 3. The van der Waals surface area contributed by atoms with Gasteiger partial charge in [0.2, 0.25) is 0 Å². The molecule has 3 aromatic rings. The molecule has 0 aliphatic heterocycles. The number of hydrogen-bond acceptors (Lipinski definition) is 0. The van der Waals surface area contributed by atoms with E-state index in [1.165, 1.54) is 0 Å². The van der Waals surface area contributed by atoms with E-state index < -0.39 is 23.6 Å². The van der Waals surface area contributed by atoms with Crippen LogP contribution in [0.25, 0.3) is 0 Å². The fourth-order valence-corrected chi connectivity index (χ4v) is 10.0. The van der Waals surface area contributed by atoms with Crippen molar-refractivity contribution in [2.45, 2.75) is 0 Å². The zero-order chi connectivity index (χ0) is 10.8. The normalized spacial score (nSPS) is 11.1. The summed E-state index contributed by atoms with van der Waals surface area (Å²) >= 11 is -2.24. The Hall–Kier alpha value is -1.24. The summed E-state index contributed by atoms with van der Waals surface area (Å²) < 4.78 is 7.14. The summed E-state index contributed by atoms with van der Waals surface area (Å²) in [6.45, 7) is 0. The summed E-state index contributed by atoms with van der Waals surface area (Å²) in [7, 11) is 0. The molecule has 0 bridgehead atoms. The van der Waals surface area contributed by atoms with Crippen molar-refractivity contribution in [3.63, 3.8) is 0 Å². The Labute approximate surface area is 104 Å². The number of nitrogens with zero attached hydrogens (tertiary/aromatic N) is 3. The van der Waals surface area contributed by atoms with Crippen LogP contribution in [0.15, 0.2) is 73.6 Å². The van der Waals surface area contributed by atoms with Crippen molar-refractivity contribution in [2.75, 3.05) is 0 Å². The first-order valence-electron chi connectivity index (χ1n) is 5.22. The molecule has 4 heteroatoms. The third kappa shape index (κ3) is 1.75.